The van der Waals surface area contributed by atoms with E-state index in [-0.39, 0.29) is 72.8 Å². The monoisotopic (exact) mass is 1440 g/mol. The van der Waals surface area contributed by atoms with Gasteiger partial charge in [-0.2, -0.15) is 0 Å². The lowest BCUT2D eigenvalue weighted by atomic mass is 9.83. The zero-order valence-corrected chi connectivity index (χ0v) is 57.0. The number of aliphatic hydroxyl groups excluding tert-OH is 6. The van der Waals surface area contributed by atoms with Crippen molar-refractivity contribution in [3.63, 3.8) is 0 Å². The van der Waals surface area contributed by atoms with Gasteiger partial charge in [0.2, 0.25) is 35.7 Å². The van der Waals surface area contributed by atoms with Gasteiger partial charge in [-0.05, 0) is 123 Å². The highest BCUT2D eigenvalue weighted by molar-refractivity contribution is 6.32. The Morgan fingerprint density at radius 2 is 1.37 bits per heavy atom. The molecule has 2 saturated heterocycles. The lowest BCUT2D eigenvalue weighted by molar-refractivity contribution is -0.333. The third-order valence-corrected chi connectivity index (χ3v) is 19.5. The first kappa shape index (κ1) is 75.3. The number of nitrogens with one attached hydrogen (secondary N) is 4. The van der Waals surface area contributed by atoms with Crippen LogP contribution in [0, 0.1) is 17.8 Å². The second-order valence-electron chi connectivity index (χ2n) is 26.8. The third-order valence-electron chi connectivity index (χ3n) is 18.9. The SMILES string of the molecule is CN[C@H](CC(C)C)C(=O)C[C@H]1C(=O)N[C@@H](CC(N)=O)C(=O)C[C@H]2C(=O)N[C@H]3C(=O)C[C@H](C(=O)N[C@H](C(C)=O)c4cc(O)cc(O)c4-c4cc3ccc4O)[C@H](O)c3ccc(c(Cl)c3)Oc3cc2cc(c3O[C@@H]2O[C@H](CO)[C@@H](O)[C@H](O)[C@H]2O[C@H]2C[C@](C)(N)[C@H](O)[C@H](C)O2)Oc2ccc(cc2Cl)[C@H]1O. The number of fused-ring (bicyclic) bond motifs is 15. The summed E-state index contributed by atoms with van der Waals surface area (Å²) in [7, 11) is 1.53. The van der Waals surface area contributed by atoms with Crippen molar-refractivity contribution in [2.75, 3.05) is 13.7 Å². The fourth-order valence-electron chi connectivity index (χ4n) is 13.4. The average Bonchev–Trinajstić information content (AvgIpc) is 0.775. The van der Waals surface area contributed by atoms with Crippen molar-refractivity contribution in [3.05, 3.63) is 117 Å². The van der Waals surface area contributed by atoms with Gasteiger partial charge in [0, 0.05) is 48.4 Å². The molecular weight excluding hydrogens is 1360 g/mol. The van der Waals surface area contributed by atoms with Gasteiger partial charge < -0.3 is 107 Å². The first-order chi connectivity index (χ1) is 47.7. The topological polar surface area (TPSA) is 474 Å². The molecule has 542 valence electrons. The van der Waals surface area contributed by atoms with Gasteiger partial charge in [0.05, 0.1) is 77.3 Å². The van der Waals surface area contributed by atoms with Crippen molar-refractivity contribution in [2.45, 2.75) is 170 Å². The standard InChI is InChI=1S/C70H80Cl2N6O23/c1-27(2)13-42(75-6)45(83)22-38-59(88)31-8-11-49(40(71)15-31)97-51-17-33-18-52(63(51)101-69-64(62(91)61(90)53(26-79)99-69)100-55-25-70(5,74)65(92)29(4)96-55)98-50-12-9-32(16-41(50)72)60(89)39-23-48(86)58(78-66(93)35(33)21-46(84)43(24-54(73)87)76-67(38)94)30-7-10-44(82)36(14-30)56-37(19-34(81)20-47(56)85)57(28(3)80)77-68(39)95/h7-12,14-20,27,29,35,38-39,42-43,53,55,57-62,64-65,69,75,79,81-82,85,88-92H,13,21-26,74H2,1-6H3,(H2,73,87)(H,76,94)(H,77,95)(H,78,93)/t29-,35+,38+,39-,42+,43-,53+,55-,57+,58+,59+,60+,61+,62-,64+,65+,69-,70-/m0/s1. The van der Waals surface area contributed by atoms with E-state index >= 15 is 19.2 Å². The van der Waals surface area contributed by atoms with Crippen LogP contribution in [0.4, 0.5) is 0 Å². The zero-order chi connectivity index (χ0) is 73.5. The highest BCUT2D eigenvalue weighted by Gasteiger charge is 2.51. The van der Waals surface area contributed by atoms with Crippen LogP contribution in [0.5, 0.6) is 46.0 Å². The van der Waals surface area contributed by atoms with Crippen molar-refractivity contribution >= 4 is 70.0 Å². The number of phenolic OH excluding ortho intramolecular Hbond substituents is 3. The summed E-state index contributed by atoms with van der Waals surface area (Å²) in [6.45, 7) is 6.89. The molecule has 17 N–H and O–H groups in total. The van der Waals surface area contributed by atoms with E-state index in [4.69, 9.17) is 63.1 Å². The summed E-state index contributed by atoms with van der Waals surface area (Å²) in [6, 6.07) is 8.41. The molecule has 31 heteroatoms. The van der Waals surface area contributed by atoms with Crippen LogP contribution >= 0.6 is 23.2 Å². The van der Waals surface area contributed by atoms with Crippen molar-refractivity contribution < 1.29 is 113 Å². The van der Waals surface area contributed by atoms with Gasteiger partial charge in [0.15, 0.2) is 47.0 Å². The number of halogens is 2. The Morgan fingerprint density at radius 3 is 1.95 bits per heavy atom. The van der Waals surface area contributed by atoms with Crippen LogP contribution in [0.3, 0.4) is 0 Å². The predicted molar refractivity (Wildman–Crippen MR) is 356 cm³/mol. The highest BCUT2D eigenvalue weighted by atomic mass is 35.5. The minimum atomic E-state index is -2.03. The zero-order valence-electron chi connectivity index (χ0n) is 55.5. The highest BCUT2D eigenvalue weighted by Crippen LogP contribution is 2.51. The molecule has 0 radical (unpaired) electrons. The van der Waals surface area contributed by atoms with Crippen LogP contribution in [-0.2, 0) is 52.6 Å². The fraction of sp³-hybridized carbons (Fsp3) is 0.457. The molecule has 101 heavy (non-hydrogen) atoms. The van der Waals surface area contributed by atoms with Crippen molar-refractivity contribution in [1.29, 1.82) is 0 Å². The molecule has 0 spiro atoms. The normalized spacial score (nSPS) is 29.6. The molecular formula is C70H80Cl2N6O23. The molecule has 7 aliphatic heterocycles. The number of ketones is 4. The Balaban J connectivity index is 1.24. The van der Waals surface area contributed by atoms with E-state index in [9.17, 15) is 65.1 Å². The van der Waals surface area contributed by atoms with E-state index in [1.165, 1.54) is 57.3 Å². The average molecular weight is 1440 g/mol. The van der Waals surface area contributed by atoms with E-state index < -0.39 is 222 Å². The fourth-order valence-corrected chi connectivity index (χ4v) is 13.9. The first-order valence-corrected chi connectivity index (χ1v) is 33.3. The minimum Gasteiger partial charge on any atom is -0.508 e. The van der Waals surface area contributed by atoms with E-state index in [0.717, 1.165) is 49.4 Å². The van der Waals surface area contributed by atoms with Gasteiger partial charge in [0.1, 0.15) is 59.1 Å². The van der Waals surface area contributed by atoms with Gasteiger partial charge in [-0.1, -0.05) is 55.2 Å². The van der Waals surface area contributed by atoms with Crippen molar-refractivity contribution in [3.8, 4) is 57.1 Å². The van der Waals surface area contributed by atoms with Crippen LogP contribution < -0.4 is 46.9 Å². The van der Waals surface area contributed by atoms with Gasteiger partial charge in [-0.25, -0.2) is 0 Å². The summed E-state index contributed by atoms with van der Waals surface area (Å²) in [5, 5.41) is 114. The maximum Gasteiger partial charge on any atom is 0.230 e. The summed E-state index contributed by atoms with van der Waals surface area (Å²) in [4.78, 5) is 118. The van der Waals surface area contributed by atoms with Gasteiger partial charge in [-0.3, -0.25) is 38.4 Å². The summed E-state index contributed by atoms with van der Waals surface area (Å²) in [5.74, 6) is -18.1. The maximum absolute atomic E-state index is 16.1. The molecule has 5 aromatic carbocycles. The number of ether oxygens (including phenoxy) is 6. The number of aliphatic hydroxyl groups is 6. The van der Waals surface area contributed by atoms with Crippen LogP contribution in [-0.4, -0.2) is 173 Å². The van der Waals surface area contributed by atoms with Gasteiger partial charge in [-0.15, -0.1) is 0 Å². The Morgan fingerprint density at radius 1 is 0.733 bits per heavy atom. The van der Waals surface area contributed by atoms with Crippen molar-refractivity contribution in [1.82, 2.24) is 21.3 Å². The number of amides is 4. The first-order valence-electron chi connectivity index (χ1n) is 32.6. The minimum absolute atomic E-state index is 0.0382. The Kier molecular flexibility index (Phi) is 22.8. The number of aromatic hydroxyl groups is 3. The number of rotatable bonds is 14. The molecule has 4 amide bonds. The molecule has 18 atom stereocenters. The molecule has 12 rings (SSSR count). The quantitative estimate of drug-likeness (QED) is 0.0754. The predicted octanol–water partition coefficient (Wildman–Crippen LogP) is 3.68. The smallest absolute Gasteiger partial charge is 0.230 e. The van der Waals surface area contributed by atoms with E-state index in [0.29, 0.717) is 6.42 Å². The van der Waals surface area contributed by atoms with Gasteiger partial charge in [0.25, 0.3) is 0 Å². The van der Waals surface area contributed by atoms with Crippen LogP contribution in [0.25, 0.3) is 11.1 Å². The number of hydrogen-bond donors (Lipinski definition) is 15. The van der Waals surface area contributed by atoms with E-state index in [1.807, 2.05) is 13.8 Å². The lowest BCUT2D eigenvalue weighted by Crippen LogP contribution is -2.64. The molecule has 0 aliphatic carbocycles. The molecule has 0 saturated carbocycles. The van der Waals surface area contributed by atoms with E-state index in [2.05, 4.69) is 21.3 Å². The van der Waals surface area contributed by atoms with Crippen LogP contribution in [0.1, 0.15) is 131 Å². The summed E-state index contributed by atoms with van der Waals surface area (Å²) in [6.07, 6.45) is -20.5. The Bertz CT molecular complexity index is 4060. The number of nitrogens with two attached hydrogens (primary N) is 2. The van der Waals surface area contributed by atoms with Crippen molar-refractivity contribution in [2.24, 2.45) is 29.2 Å². The Labute approximate surface area is 588 Å². The summed E-state index contributed by atoms with van der Waals surface area (Å²) >= 11 is 14.2. The summed E-state index contributed by atoms with van der Waals surface area (Å²) in [5.41, 5.74) is 9.32. The molecule has 7 aliphatic rings. The van der Waals surface area contributed by atoms with Crippen LogP contribution in [0.15, 0.2) is 78.9 Å². The number of hydrogen-bond acceptors (Lipinski definition) is 25. The molecule has 11 bridgehead atoms. The second-order valence-corrected chi connectivity index (χ2v) is 27.7. The number of carbonyl (C=O) groups is 8. The molecule has 5 aromatic rings. The number of benzene rings is 5. The molecule has 2 fully saturated rings. The van der Waals surface area contributed by atoms with Gasteiger partial charge >= 0.3 is 0 Å². The van der Waals surface area contributed by atoms with Crippen LogP contribution in [0.2, 0.25) is 10.0 Å². The van der Waals surface area contributed by atoms with E-state index in [1.54, 1.807) is 0 Å². The lowest BCUT2D eigenvalue weighted by Gasteiger charge is -2.47. The number of phenols is 3. The number of Topliss-reactive ketones (excluding diaryl/α,β-unsaturated/α-hetero) is 4. The molecule has 0 aromatic heterocycles. The largest absolute Gasteiger partial charge is 0.508 e. The Hall–Kier alpha value is -8.40. The number of primary amides is 1. The second kappa shape index (κ2) is 30.7. The third kappa shape index (κ3) is 16.1. The maximum atomic E-state index is 16.1. The number of carbonyl (C=O) groups excluding carboxylic acids is 8. The molecule has 0 unspecified atom stereocenters. The molecule has 7 heterocycles. The number of likely N-dealkylation sites (N-methyl/N-ethyl adjacent to an activating group) is 1. The molecule has 29 nitrogen and oxygen atoms in total. The summed E-state index contributed by atoms with van der Waals surface area (Å²) < 4.78 is 38.6.